The highest BCUT2D eigenvalue weighted by Gasteiger charge is 2.42. The van der Waals surface area contributed by atoms with E-state index in [2.05, 4.69) is 54.5 Å². The molecule has 0 atom stereocenters. The number of piperazine rings is 2. The number of piperidine rings is 2. The Hall–Kier alpha value is -3.09. The molecule has 0 aliphatic carbocycles. The normalized spacial score (nSPS) is 22.7. The summed E-state index contributed by atoms with van der Waals surface area (Å²) in [6, 6.07) is 4.60. The van der Waals surface area contributed by atoms with Gasteiger partial charge in [-0.25, -0.2) is 18.7 Å². The zero-order valence-electron chi connectivity index (χ0n) is 26.2. The molecule has 4 aliphatic rings. The van der Waals surface area contributed by atoms with Crippen LogP contribution in [0.5, 0.6) is 0 Å². The predicted molar refractivity (Wildman–Crippen MR) is 169 cm³/mol. The van der Waals surface area contributed by atoms with Crippen molar-refractivity contribution in [1.29, 1.82) is 0 Å². The molecule has 12 heteroatoms. The number of hydrogen-bond donors (Lipinski definition) is 3. The van der Waals surface area contributed by atoms with E-state index in [4.69, 9.17) is 0 Å². The Bertz CT molecular complexity index is 1300. The van der Waals surface area contributed by atoms with E-state index >= 15 is 8.78 Å². The smallest absolute Gasteiger partial charge is 0.240 e. The molecule has 0 saturated carbocycles. The summed E-state index contributed by atoms with van der Waals surface area (Å²) in [4.78, 5) is 30.3. The van der Waals surface area contributed by atoms with E-state index in [9.17, 15) is 4.79 Å². The van der Waals surface area contributed by atoms with Gasteiger partial charge in [-0.3, -0.25) is 14.6 Å². The van der Waals surface area contributed by atoms with Gasteiger partial charge in [-0.05, 0) is 50.3 Å². The van der Waals surface area contributed by atoms with E-state index in [0.717, 1.165) is 76.8 Å². The summed E-state index contributed by atoms with van der Waals surface area (Å²) in [7, 11) is 0. The summed E-state index contributed by atoms with van der Waals surface area (Å²) in [6.07, 6.45) is 5.04. The Morgan fingerprint density at radius 3 is 2.39 bits per heavy atom. The second-order valence-electron chi connectivity index (χ2n) is 13.8. The zero-order valence-corrected chi connectivity index (χ0v) is 26.2. The summed E-state index contributed by atoms with van der Waals surface area (Å²) in [6.45, 7) is 14.5. The number of anilines is 3. The monoisotopic (exact) mass is 611 g/mol. The average molecular weight is 612 g/mol. The highest BCUT2D eigenvalue weighted by molar-refractivity contribution is 5.84. The number of carbonyl (C=O) groups is 1. The maximum atomic E-state index is 15.5. The number of benzene rings is 1. The van der Waals surface area contributed by atoms with Crippen molar-refractivity contribution in [3.63, 3.8) is 0 Å². The molecule has 4 fully saturated rings. The van der Waals surface area contributed by atoms with Gasteiger partial charge in [-0.15, -0.1) is 0 Å². The number of likely N-dealkylation sites (tertiary alicyclic amines) is 1. The lowest BCUT2D eigenvalue weighted by molar-refractivity contribution is -0.123. The standard InChI is InChI=1S/C32H47F2N9O/c1-31(2)3-10-41(11-4-31)20-24-17-26(34)27(18-25(24)33)43-21-30(44)39-32(22-43)5-12-42(13-6-32)29-19-28(37-23-38-29)36-9-16-40-14-7-35-8-15-40/h17-19,23,35H,3-16,20-22H2,1-2H3,(H,39,44)(H,36,37,38). The molecule has 4 saturated heterocycles. The molecule has 240 valence electrons. The number of amides is 1. The summed E-state index contributed by atoms with van der Waals surface area (Å²) in [5, 5.41) is 10.00. The second-order valence-corrected chi connectivity index (χ2v) is 13.8. The van der Waals surface area contributed by atoms with Crippen molar-refractivity contribution in [2.24, 2.45) is 5.41 Å². The van der Waals surface area contributed by atoms with E-state index in [1.807, 2.05) is 6.07 Å². The number of nitrogens with one attached hydrogen (secondary N) is 3. The van der Waals surface area contributed by atoms with Gasteiger partial charge in [0.25, 0.3) is 0 Å². The van der Waals surface area contributed by atoms with Crippen LogP contribution < -0.4 is 25.8 Å². The van der Waals surface area contributed by atoms with Gasteiger partial charge in [0, 0.05) is 83.1 Å². The summed E-state index contributed by atoms with van der Waals surface area (Å²) in [5.41, 5.74) is 0.323. The number of halogens is 2. The van der Waals surface area contributed by atoms with Gasteiger partial charge in [0.05, 0.1) is 17.8 Å². The minimum absolute atomic E-state index is 0.0112. The van der Waals surface area contributed by atoms with Crippen LogP contribution in [0.15, 0.2) is 24.5 Å². The summed E-state index contributed by atoms with van der Waals surface area (Å²) >= 11 is 0. The first-order chi connectivity index (χ1) is 21.2. The maximum absolute atomic E-state index is 15.5. The number of carbonyl (C=O) groups excluding carboxylic acids is 1. The SMILES string of the molecule is CC1(C)CCN(Cc2cc(F)c(N3CC(=O)NC4(CCN(c5cc(NCCN6CCNCC6)ncn5)CC4)C3)cc2F)CC1. The van der Waals surface area contributed by atoms with Crippen LogP contribution in [-0.2, 0) is 11.3 Å². The molecule has 6 rings (SSSR count). The Morgan fingerprint density at radius 2 is 1.64 bits per heavy atom. The van der Waals surface area contributed by atoms with Gasteiger partial charge in [0.15, 0.2) is 0 Å². The van der Waals surface area contributed by atoms with Crippen molar-refractivity contribution >= 4 is 23.2 Å². The molecule has 3 N–H and O–H groups in total. The third-order valence-electron chi connectivity index (χ3n) is 9.93. The van der Waals surface area contributed by atoms with E-state index in [-0.39, 0.29) is 18.1 Å². The number of hydrogen-bond acceptors (Lipinski definition) is 9. The Labute approximate surface area is 259 Å². The molecule has 1 amide bonds. The highest BCUT2D eigenvalue weighted by Crippen LogP contribution is 2.34. The first kappa shape index (κ1) is 30.9. The van der Waals surface area contributed by atoms with Gasteiger partial charge in [0.1, 0.15) is 29.6 Å². The topological polar surface area (TPSA) is 91.9 Å². The molecule has 5 heterocycles. The third-order valence-corrected chi connectivity index (χ3v) is 9.93. The fourth-order valence-corrected chi connectivity index (χ4v) is 6.98. The molecule has 4 aliphatic heterocycles. The van der Waals surface area contributed by atoms with Crippen molar-refractivity contribution in [3.8, 4) is 0 Å². The molecule has 0 bridgehead atoms. The van der Waals surface area contributed by atoms with Gasteiger partial charge >= 0.3 is 0 Å². The molecule has 1 aromatic carbocycles. The fraction of sp³-hybridized carbons (Fsp3) is 0.656. The van der Waals surface area contributed by atoms with Crippen LogP contribution in [0.2, 0.25) is 0 Å². The van der Waals surface area contributed by atoms with Crippen molar-refractivity contribution in [2.75, 3.05) is 93.7 Å². The molecule has 1 spiro atoms. The lowest BCUT2D eigenvalue weighted by Crippen LogP contribution is -2.66. The van der Waals surface area contributed by atoms with Crippen molar-refractivity contribution in [3.05, 3.63) is 41.7 Å². The van der Waals surface area contributed by atoms with Gasteiger partial charge < -0.3 is 25.8 Å². The number of rotatable bonds is 8. The Kier molecular flexibility index (Phi) is 9.21. The number of nitrogens with zero attached hydrogens (tertiary/aromatic N) is 6. The van der Waals surface area contributed by atoms with Gasteiger partial charge in [0.2, 0.25) is 5.91 Å². The van der Waals surface area contributed by atoms with Crippen LogP contribution in [0.3, 0.4) is 0 Å². The minimum Gasteiger partial charge on any atom is -0.369 e. The zero-order chi connectivity index (χ0) is 30.7. The fourth-order valence-electron chi connectivity index (χ4n) is 6.98. The molecule has 0 radical (unpaired) electrons. The quantitative estimate of drug-likeness (QED) is 0.417. The van der Waals surface area contributed by atoms with Crippen LogP contribution in [0.25, 0.3) is 0 Å². The van der Waals surface area contributed by atoms with Crippen molar-refractivity contribution < 1.29 is 13.6 Å². The van der Waals surface area contributed by atoms with Gasteiger partial charge in [-0.1, -0.05) is 13.8 Å². The van der Waals surface area contributed by atoms with Crippen molar-refractivity contribution in [2.45, 2.75) is 51.6 Å². The predicted octanol–water partition coefficient (Wildman–Crippen LogP) is 2.67. The molecular weight excluding hydrogens is 564 g/mol. The van der Waals surface area contributed by atoms with Crippen LogP contribution in [0.1, 0.15) is 45.1 Å². The molecular formula is C32H47F2N9O. The lowest BCUT2D eigenvalue weighted by Gasteiger charge is -2.48. The van der Waals surface area contributed by atoms with E-state index < -0.39 is 17.2 Å². The van der Waals surface area contributed by atoms with Crippen LogP contribution in [0, 0.1) is 17.0 Å². The molecule has 2 aromatic rings. The van der Waals surface area contributed by atoms with E-state index in [1.54, 1.807) is 11.2 Å². The molecule has 10 nitrogen and oxygen atoms in total. The second kappa shape index (κ2) is 13.1. The Morgan fingerprint density at radius 1 is 0.886 bits per heavy atom. The van der Waals surface area contributed by atoms with Crippen LogP contribution >= 0.6 is 0 Å². The van der Waals surface area contributed by atoms with Crippen LogP contribution in [-0.4, -0.2) is 110 Å². The number of aromatic nitrogens is 2. The first-order valence-corrected chi connectivity index (χ1v) is 16.2. The first-order valence-electron chi connectivity index (χ1n) is 16.2. The molecule has 1 aromatic heterocycles. The average Bonchev–Trinajstić information content (AvgIpc) is 3.00. The minimum atomic E-state index is -0.508. The van der Waals surface area contributed by atoms with E-state index in [1.165, 1.54) is 12.1 Å². The van der Waals surface area contributed by atoms with E-state index in [0.29, 0.717) is 50.0 Å². The third kappa shape index (κ3) is 7.40. The maximum Gasteiger partial charge on any atom is 0.240 e. The summed E-state index contributed by atoms with van der Waals surface area (Å²) < 4.78 is 30.8. The van der Waals surface area contributed by atoms with Gasteiger partial charge in [-0.2, -0.15) is 0 Å². The van der Waals surface area contributed by atoms with Crippen LogP contribution in [0.4, 0.5) is 26.1 Å². The highest BCUT2D eigenvalue weighted by atomic mass is 19.1. The lowest BCUT2D eigenvalue weighted by atomic mass is 9.82. The largest absolute Gasteiger partial charge is 0.369 e. The van der Waals surface area contributed by atoms with Crippen molar-refractivity contribution in [1.82, 2.24) is 30.4 Å². The molecule has 44 heavy (non-hydrogen) atoms. The molecule has 0 unspecified atom stereocenters. The summed E-state index contributed by atoms with van der Waals surface area (Å²) in [5.74, 6) is 0.593. The Balaban J connectivity index is 1.06.